The highest BCUT2D eigenvalue weighted by Gasteiger charge is 2.19. The Morgan fingerprint density at radius 1 is 0.955 bits per heavy atom. The zero-order valence-corrected chi connectivity index (χ0v) is 13.4. The third-order valence-electron chi connectivity index (χ3n) is 4.05. The molecule has 3 rings (SSSR count). The van der Waals surface area contributed by atoms with Crippen LogP contribution >= 0.6 is 11.6 Å². The molecular formula is C17H20ClN3O. The van der Waals surface area contributed by atoms with Gasteiger partial charge in [0, 0.05) is 36.9 Å². The molecule has 2 N–H and O–H groups in total. The Morgan fingerprint density at radius 2 is 1.59 bits per heavy atom. The summed E-state index contributed by atoms with van der Waals surface area (Å²) in [6, 6.07) is 13.8. The second kappa shape index (κ2) is 6.36. The van der Waals surface area contributed by atoms with Gasteiger partial charge in [-0.25, -0.2) is 0 Å². The number of nitrogens with zero attached hydrogens (tertiary/aromatic N) is 2. The van der Waals surface area contributed by atoms with Crippen LogP contribution in [0.1, 0.15) is 0 Å². The number of hydrogen-bond acceptors (Lipinski definition) is 4. The average Bonchev–Trinajstić information content (AvgIpc) is 2.57. The summed E-state index contributed by atoms with van der Waals surface area (Å²) in [5.74, 6) is 0.883. The molecule has 0 aliphatic carbocycles. The molecular weight excluding hydrogens is 298 g/mol. The van der Waals surface area contributed by atoms with Crippen molar-refractivity contribution in [1.82, 2.24) is 0 Å². The fourth-order valence-corrected chi connectivity index (χ4v) is 2.96. The van der Waals surface area contributed by atoms with E-state index in [0.717, 1.165) is 48.3 Å². The molecule has 0 atom stereocenters. The van der Waals surface area contributed by atoms with Crippen molar-refractivity contribution in [2.24, 2.45) is 0 Å². The monoisotopic (exact) mass is 317 g/mol. The highest BCUT2D eigenvalue weighted by atomic mass is 35.5. The maximum absolute atomic E-state index is 6.08. The summed E-state index contributed by atoms with van der Waals surface area (Å²) in [4.78, 5) is 4.66. The topological polar surface area (TPSA) is 41.7 Å². The molecule has 0 aromatic heterocycles. The zero-order valence-electron chi connectivity index (χ0n) is 12.6. The van der Waals surface area contributed by atoms with E-state index in [4.69, 9.17) is 22.1 Å². The number of benzene rings is 2. The molecule has 1 aliphatic rings. The molecule has 22 heavy (non-hydrogen) atoms. The van der Waals surface area contributed by atoms with E-state index in [1.54, 1.807) is 7.11 Å². The molecule has 0 unspecified atom stereocenters. The number of rotatable bonds is 3. The van der Waals surface area contributed by atoms with Gasteiger partial charge in [-0.1, -0.05) is 11.6 Å². The van der Waals surface area contributed by atoms with Crippen LogP contribution in [0.4, 0.5) is 17.1 Å². The predicted molar refractivity (Wildman–Crippen MR) is 93.3 cm³/mol. The van der Waals surface area contributed by atoms with Gasteiger partial charge >= 0.3 is 0 Å². The van der Waals surface area contributed by atoms with E-state index in [0.29, 0.717) is 0 Å². The smallest absolute Gasteiger partial charge is 0.119 e. The number of nitrogen functional groups attached to an aromatic ring is 1. The Labute approximate surface area is 136 Å². The first-order chi connectivity index (χ1) is 10.7. The van der Waals surface area contributed by atoms with E-state index >= 15 is 0 Å². The van der Waals surface area contributed by atoms with Gasteiger partial charge in [-0.15, -0.1) is 0 Å². The van der Waals surface area contributed by atoms with Gasteiger partial charge in [0.1, 0.15) is 5.75 Å². The number of hydrogen-bond donors (Lipinski definition) is 1. The number of piperazine rings is 1. The predicted octanol–water partition coefficient (Wildman–Crippen LogP) is 3.26. The van der Waals surface area contributed by atoms with Crippen LogP contribution in [-0.4, -0.2) is 33.3 Å². The van der Waals surface area contributed by atoms with Crippen LogP contribution in [0.3, 0.4) is 0 Å². The van der Waals surface area contributed by atoms with Crippen molar-refractivity contribution in [3.05, 3.63) is 47.5 Å². The van der Waals surface area contributed by atoms with Crippen LogP contribution in [0.5, 0.6) is 5.75 Å². The second-order valence-corrected chi connectivity index (χ2v) is 5.81. The summed E-state index contributed by atoms with van der Waals surface area (Å²) < 4.78 is 5.20. The molecule has 0 radical (unpaired) electrons. The summed E-state index contributed by atoms with van der Waals surface area (Å²) in [5.41, 5.74) is 9.10. The van der Waals surface area contributed by atoms with E-state index in [1.165, 1.54) is 5.69 Å². The summed E-state index contributed by atoms with van der Waals surface area (Å²) in [6.07, 6.45) is 0. The van der Waals surface area contributed by atoms with Gasteiger partial charge in [-0.05, 0) is 42.5 Å². The Morgan fingerprint density at radius 3 is 2.23 bits per heavy atom. The molecule has 116 valence electrons. The number of nitrogens with two attached hydrogens (primary N) is 1. The lowest BCUT2D eigenvalue weighted by Gasteiger charge is -2.38. The molecule has 0 spiro atoms. The molecule has 1 heterocycles. The standard InChI is InChI=1S/C17H20ClN3O/c1-22-15-5-3-14(4-6-15)20-8-10-21(11-9-20)17-12-13(18)2-7-16(17)19/h2-7,12H,8-11,19H2,1H3. The third kappa shape index (κ3) is 3.07. The zero-order chi connectivity index (χ0) is 15.5. The highest BCUT2D eigenvalue weighted by molar-refractivity contribution is 6.31. The first-order valence-electron chi connectivity index (χ1n) is 7.36. The minimum absolute atomic E-state index is 0.724. The third-order valence-corrected chi connectivity index (χ3v) is 4.29. The highest BCUT2D eigenvalue weighted by Crippen LogP contribution is 2.29. The van der Waals surface area contributed by atoms with Crippen molar-refractivity contribution in [1.29, 1.82) is 0 Å². The van der Waals surface area contributed by atoms with Gasteiger partial charge in [0.25, 0.3) is 0 Å². The largest absolute Gasteiger partial charge is 0.497 e. The van der Waals surface area contributed by atoms with E-state index in [2.05, 4.69) is 21.9 Å². The number of halogens is 1. The van der Waals surface area contributed by atoms with Gasteiger partial charge in [-0.3, -0.25) is 0 Å². The fraction of sp³-hybridized carbons (Fsp3) is 0.294. The van der Waals surface area contributed by atoms with Crippen LogP contribution in [0.25, 0.3) is 0 Å². The van der Waals surface area contributed by atoms with Gasteiger partial charge in [0.05, 0.1) is 18.5 Å². The summed E-state index contributed by atoms with van der Waals surface area (Å²) in [7, 11) is 1.68. The number of methoxy groups -OCH3 is 1. The maximum atomic E-state index is 6.08. The van der Waals surface area contributed by atoms with E-state index < -0.39 is 0 Å². The van der Waals surface area contributed by atoms with Crippen molar-refractivity contribution >= 4 is 28.7 Å². The lowest BCUT2D eigenvalue weighted by Crippen LogP contribution is -2.46. The summed E-state index contributed by atoms with van der Waals surface area (Å²) in [5, 5.41) is 0.724. The summed E-state index contributed by atoms with van der Waals surface area (Å²) >= 11 is 6.08. The average molecular weight is 318 g/mol. The van der Waals surface area contributed by atoms with Crippen LogP contribution in [0.2, 0.25) is 5.02 Å². The van der Waals surface area contributed by atoms with Gasteiger partial charge in [0.15, 0.2) is 0 Å². The molecule has 5 heteroatoms. The number of anilines is 3. The molecule has 0 amide bonds. The van der Waals surface area contributed by atoms with Crippen molar-refractivity contribution in [3.8, 4) is 5.75 Å². The molecule has 1 fully saturated rings. The Bertz CT molecular complexity index is 637. The first kappa shape index (κ1) is 14.9. The van der Waals surface area contributed by atoms with Gasteiger partial charge in [0.2, 0.25) is 0 Å². The Kier molecular flexibility index (Phi) is 4.29. The lowest BCUT2D eigenvalue weighted by atomic mass is 10.2. The van der Waals surface area contributed by atoms with Crippen molar-refractivity contribution in [2.45, 2.75) is 0 Å². The molecule has 2 aromatic carbocycles. The van der Waals surface area contributed by atoms with Crippen molar-refractivity contribution in [2.75, 3.05) is 48.8 Å². The van der Waals surface area contributed by atoms with E-state index in [-0.39, 0.29) is 0 Å². The molecule has 2 aromatic rings. The minimum atomic E-state index is 0.724. The molecule has 4 nitrogen and oxygen atoms in total. The van der Waals surface area contributed by atoms with Gasteiger partial charge in [-0.2, -0.15) is 0 Å². The molecule has 0 saturated carbocycles. The van der Waals surface area contributed by atoms with Crippen LogP contribution in [-0.2, 0) is 0 Å². The molecule has 1 saturated heterocycles. The Balaban J connectivity index is 1.68. The quantitative estimate of drug-likeness (QED) is 0.882. The van der Waals surface area contributed by atoms with Crippen LogP contribution < -0.4 is 20.3 Å². The maximum Gasteiger partial charge on any atom is 0.119 e. The Hall–Kier alpha value is -2.07. The van der Waals surface area contributed by atoms with E-state index in [1.807, 2.05) is 30.3 Å². The van der Waals surface area contributed by atoms with Crippen LogP contribution in [0.15, 0.2) is 42.5 Å². The van der Waals surface area contributed by atoms with Gasteiger partial charge < -0.3 is 20.3 Å². The SMILES string of the molecule is COc1ccc(N2CCN(c3cc(Cl)ccc3N)CC2)cc1. The lowest BCUT2D eigenvalue weighted by molar-refractivity contribution is 0.415. The second-order valence-electron chi connectivity index (χ2n) is 5.38. The van der Waals surface area contributed by atoms with Crippen LogP contribution in [0, 0.1) is 0 Å². The van der Waals surface area contributed by atoms with E-state index in [9.17, 15) is 0 Å². The fourth-order valence-electron chi connectivity index (χ4n) is 2.79. The first-order valence-corrected chi connectivity index (χ1v) is 7.74. The van der Waals surface area contributed by atoms with Crippen molar-refractivity contribution < 1.29 is 4.74 Å². The minimum Gasteiger partial charge on any atom is -0.497 e. The number of ether oxygens (including phenoxy) is 1. The normalized spacial score (nSPS) is 15.0. The molecule has 1 aliphatic heterocycles. The summed E-state index contributed by atoms with van der Waals surface area (Å²) in [6.45, 7) is 3.77. The molecule has 0 bridgehead atoms. The van der Waals surface area contributed by atoms with Crippen molar-refractivity contribution in [3.63, 3.8) is 0 Å².